The third-order valence-electron chi connectivity index (χ3n) is 2.54. The molecule has 0 N–H and O–H groups in total. The second kappa shape index (κ2) is 3.56. The Bertz CT molecular complexity index is 641. The molecule has 0 aliphatic rings. The van der Waals surface area contributed by atoms with E-state index in [0.29, 0.717) is 16.5 Å². The van der Waals surface area contributed by atoms with E-state index in [-0.39, 0.29) is 11.3 Å². The van der Waals surface area contributed by atoms with Gasteiger partial charge in [0.15, 0.2) is 5.78 Å². The molecule has 0 spiro atoms. The summed E-state index contributed by atoms with van der Waals surface area (Å²) in [4.78, 5) is 27.5. The molecule has 0 amide bonds. The fourth-order valence-electron chi connectivity index (χ4n) is 1.74. The lowest BCUT2D eigenvalue weighted by atomic mass is 10.0. The Hall–Kier alpha value is -1.97. The molecule has 1 aromatic heterocycles. The summed E-state index contributed by atoms with van der Waals surface area (Å²) in [6.45, 7) is 3.34. The quantitative estimate of drug-likeness (QED) is 0.678. The smallest absolute Gasteiger partial charge is 0.260 e. The minimum Gasteiger partial charge on any atom is -0.302 e. The van der Waals surface area contributed by atoms with Gasteiger partial charge in [-0.1, -0.05) is 0 Å². The summed E-state index contributed by atoms with van der Waals surface area (Å²) in [5.74, 6) is -0.0746. The molecule has 2 aromatic rings. The van der Waals surface area contributed by atoms with E-state index >= 15 is 0 Å². The van der Waals surface area contributed by atoms with Gasteiger partial charge < -0.3 is 4.57 Å². The van der Waals surface area contributed by atoms with Crippen LogP contribution in [0.5, 0.6) is 0 Å². The number of hydrogen-bond donors (Lipinski definition) is 0. The summed E-state index contributed by atoms with van der Waals surface area (Å²) in [6, 6.07) is 3.52. The number of nitrogens with zero attached hydrogens (tertiary/aromatic N) is 2. The highest BCUT2D eigenvalue weighted by atomic mass is 16.1. The van der Waals surface area contributed by atoms with Crippen LogP contribution in [-0.2, 0) is 7.05 Å². The number of ketones is 1. The lowest BCUT2D eigenvalue weighted by Crippen LogP contribution is -2.18. The Morgan fingerprint density at radius 2 is 2.06 bits per heavy atom. The van der Waals surface area contributed by atoms with Gasteiger partial charge in [0.05, 0.1) is 17.2 Å². The molecule has 0 radical (unpaired) electrons. The Morgan fingerprint density at radius 1 is 1.38 bits per heavy atom. The van der Waals surface area contributed by atoms with E-state index in [4.69, 9.17) is 0 Å². The fraction of sp³-hybridized carbons (Fsp3) is 0.250. The number of carbonyl (C=O) groups is 1. The van der Waals surface area contributed by atoms with Crippen LogP contribution in [0.25, 0.3) is 10.9 Å². The molecular weight excluding hydrogens is 204 g/mol. The normalized spacial score (nSPS) is 10.7. The van der Waals surface area contributed by atoms with Crippen molar-refractivity contribution in [2.24, 2.45) is 7.05 Å². The number of hydrogen-bond acceptors (Lipinski definition) is 3. The van der Waals surface area contributed by atoms with Crippen molar-refractivity contribution in [1.29, 1.82) is 0 Å². The first-order valence-corrected chi connectivity index (χ1v) is 4.97. The zero-order chi connectivity index (χ0) is 11.9. The van der Waals surface area contributed by atoms with E-state index in [9.17, 15) is 9.59 Å². The average molecular weight is 216 g/mol. The monoisotopic (exact) mass is 216 g/mol. The molecule has 0 aliphatic heterocycles. The molecule has 4 heteroatoms. The highest BCUT2D eigenvalue weighted by Gasteiger charge is 2.10. The minimum absolute atomic E-state index is 0.0746. The van der Waals surface area contributed by atoms with Crippen LogP contribution < -0.4 is 5.56 Å². The summed E-state index contributed by atoms with van der Waals surface area (Å²) in [7, 11) is 1.64. The van der Waals surface area contributed by atoms with Crippen LogP contribution in [0.1, 0.15) is 22.8 Å². The number of fused-ring (bicyclic) bond motifs is 1. The van der Waals surface area contributed by atoms with Crippen LogP contribution in [0, 0.1) is 6.92 Å². The summed E-state index contributed by atoms with van der Waals surface area (Å²) in [6.07, 6.45) is 1.44. The second-order valence-electron chi connectivity index (χ2n) is 3.93. The van der Waals surface area contributed by atoms with Crippen molar-refractivity contribution < 1.29 is 4.79 Å². The first kappa shape index (κ1) is 10.5. The maximum absolute atomic E-state index is 11.9. The Kier molecular flexibility index (Phi) is 2.34. The number of rotatable bonds is 1. The minimum atomic E-state index is -0.129. The molecule has 0 saturated carbocycles. The standard InChI is InChI=1S/C12H12N2O2/c1-7-4-9(8(2)15)11-10(5-7)12(16)14(3)6-13-11/h4-6H,1-3H3. The molecule has 1 aromatic carbocycles. The van der Waals surface area contributed by atoms with Gasteiger partial charge >= 0.3 is 0 Å². The Labute approximate surface area is 92.5 Å². The molecule has 4 nitrogen and oxygen atoms in total. The van der Waals surface area contributed by atoms with Gasteiger partial charge in [-0.3, -0.25) is 9.59 Å². The Balaban J connectivity index is 3.00. The van der Waals surface area contributed by atoms with E-state index in [2.05, 4.69) is 4.98 Å². The van der Waals surface area contributed by atoms with Crippen molar-refractivity contribution >= 4 is 16.7 Å². The number of benzene rings is 1. The number of carbonyl (C=O) groups excluding carboxylic acids is 1. The molecule has 0 fully saturated rings. The first-order chi connectivity index (χ1) is 7.50. The number of aromatic nitrogens is 2. The van der Waals surface area contributed by atoms with Crippen LogP contribution >= 0.6 is 0 Å². The molecule has 0 bridgehead atoms. The SMILES string of the molecule is CC(=O)c1cc(C)cc2c(=O)n(C)cnc12. The molecule has 16 heavy (non-hydrogen) atoms. The summed E-state index contributed by atoms with van der Waals surface area (Å²) >= 11 is 0. The van der Waals surface area contributed by atoms with E-state index in [1.54, 1.807) is 19.2 Å². The van der Waals surface area contributed by atoms with Gasteiger partial charge in [0.25, 0.3) is 5.56 Å². The lowest BCUT2D eigenvalue weighted by molar-refractivity contribution is 0.101. The molecule has 82 valence electrons. The van der Waals surface area contributed by atoms with Gasteiger partial charge in [0.1, 0.15) is 0 Å². The molecule has 0 unspecified atom stereocenters. The van der Waals surface area contributed by atoms with Crippen LogP contribution in [0.3, 0.4) is 0 Å². The van der Waals surface area contributed by atoms with Gasteiger partial charge in [-0.05, 0) is 31.5 Å². The van der Waals surface area contributed by atoms with Gasteiger partial charge in [0, 0.05) is 12.6 Å². The van der Waals surface area contributed by atoms with E-state index in [0.717, 1.165) is 5.56 Å². The zero-order valence-electron chi connectivity index (χ0n) is 9.44. The van der Waals surface area contributed by atoms with Crippen LogP contribution in [-0.4, -0.2) is 15.3 Å². The number of Topliss-reactive ketones (excluding diaryl/α,β-unsaturated/α-hetero) is 1. The van der Waals surface area contributed by atoms with Crippen molar-refractivity contribution in [2.75, 3.05) is 0 Å². The van der Waals surface area contributed by atoms with Crippen molar-refractivity contribution in [1.82, 2.24) is 9.55 Å². The topological polar surface area (TPSA) is 52.0 Å². The first-order valence-electron chi connectivity index (χ1n) is 4.97. The third kappa shape index (κ3) is 1.52. The maximum atomic E-state index is 11.9. The van der Waals surface area contributed by atoms with Gasteiger partial charge in [-0.15, -0.1) is 0 Å². The zero-order valence-corrected chi connectivity index (χ0v) is 9.44. The molecular formula is C12H12N2O2. The van der Waals surface area contributed by atoms with E-state index in [1.807, 2.05) is 6.92 Å². The van der Waals surface area contributed by atoms with Gasteiger partial charge in [0.2, 0.25) is 0 Å². The van der Waals surface area contributed by atoms with Crippen molar-refractivity contribution in [3.05, 3.63) is 39.9 Å². The maximum Gasteiger partial charge on any atom is 0.260 e. The van der Waals surface area contributed by atoms with Gasteiger partial charge in [-0.2, -0.15) is 0 Å². The Morgan fingerprint density at radius 3 is 2.69 bits per heavy atom. The predicted molar refractivity (Wildman–Crippen MR) is 61.7 cm³/mol. The van der Waals surface area contributed by atoms with Crippen LogP contribution in [0.2, 0.25) is 0 Å². The number of aryl methyl sites for hydroxylation is 2. The van der Waals surface area contributed by atoms with E-state index < -0.39 is 0 Å². The molecule has 0 saturated heterocycles. The average Bonchev–Trinajstić information content (AvgIpc) is 2.23. The fourth-order valence-corrected chi connectivity index (χ4v) is 1.74. The van der Waals surface area contributed by atoms with Gasteiger partial charge in [-0.25, -0.2) is 4.98 Å². The van der Waals surface area contributed by atoms with Crippen LogP contribution in [0.15, 0.2) is 23.3 Å². The molecule has 2 rings (SSSR count). The summed E-state index contributed by atoms with van der Waals surface area (Å²) in [5.41, 5.74) is 1.76. The lowest BCUT2D eigenvalue weighted by Gasteiger charge is -2.05. The van der Waals surface area contributed by atoms with Crippen LogP contribution in [0.4, 0.5) is 0 Å². The van der Waals surface area contributed by atoms with Crippen molar-refractivity contribution in [3.63, 3.8) is 0 Å². The molecule has 1 heterocycles. The molecule has 0 atom stereocenters. The largest absolute Gasteiger partial charge is 0.302 e. The summed E-state index contributed by atoms with van der Waals surface area (Å²) < 4.78 is 1.41. The highest BCUT2D eigenvalue weighted by molar-refractivity contribution is 6.05. The predicted octanol–water partition coefficient (Wildman–Crippen LogP) is 1.44. The summed E-state index contributed by atoms with van der Waals surface area (Å²) in [5, 5.41) is 0.496. The molecule has 0 aliphatic carbocycles. The third-order valence-corrected chi connectivity index (χ3v) is 2.54. The second-order valence-corrected chi connectivity index (χ2v) is 3.93. The van der Waals surface area contributed by atoms with Crippen molar-refractivity contribution in [3.8, 4) is 0 Å². The van der Waals surface area contributed by atoms with Crippen molar-refractivity contribution in [2.45, 2.75) is 13.8 Å². The van der Waals surface area contributed by atoms with E-state index in [1.165, 1.54) is 17.8 Å². The highest BCUT2D eigenvalue weighted by Crippen LogP contribution is 2.16.